The van der Waals surface area contributed by atoms with Crippen LogP contribution in [-0.4, -0.2) is 35.1 Å². The summed E-state index contributed by atoms with van der Waals surface area (Å²) in [5.41, 5.74) is 1.91. The molecule has 1 amide bonds. The second kappa shape index (κ2) is 7.22. The summed E-state index contributed by atoms with van der Waals surface area (Å²) in [6.45, 7) is 3.57. The van der Waals surface area contributed by atoms with E-state index >= 15 is 0 Å². The first-order valence-corrected chi connectivity index (χ1v) is 7.44. The Kier molecular flexibility index (Phi) is 5.33. The smallest absolute Gasteiger partial charge is 0.335 e. The molecule has 1 aliphatic rings. The molecule has 0 bridgehead atoms. The molecule has 5 heteroatoms. The summed E-state index contributed by atoms with van der Waals surface area (Å²) >= 11 is 0. The minimum absolute atomic E-state index is 0.0894. The maximum absolute atomic E-state index is 12.3. The van der Waals surface area contributed by atoms with Crippen molar-refractivity contribution < 1.29 is 19.4 Å². The highest BCUT2D eigenvalue weighted by atomic mass is 16.5. The number of rotatable bonds is 5. The fraction of sp³-hybridized carbons (Fsp3) is 0.412. The summed E-state index contributed by atoms with van der Waals surface area (Å²) in [4.78, 5) is 25.9. The Bertz CT molecular complexity index is 580. The predicted molar refractivity (Wildman–Crippen MR) is 81.7 cm³/mol. The molecule has 2 rings (SSSR count). The monoisotopic (exact) mass is 303 g/mol. The summed E-state index contributed by atoms with van der Waals surface area (Å²) in [6.07, 6.45) is 0.627. The lowest BCUT2D eigenvalue weighted by molar-refractivity contribution is -0.140. The van der Waals surface area contributed by atoms with Gasteiger partial charge in [0.1, 0.15) is 0 Å². The number of carbonyl (C=O) groups is 2. The molecular weight excluding hydrogens is 282 g/mol. The molecule has 0 radical (unpaired) electrons. The minimum atomic E-state index is -0.488. The summed E-state index contributed by atoms with van der Waals surface area (Å²) < 4.78 is 5.06. The van der Waals surface area contributed by atoms with Gasteiger partial charge in [0.05, 0.1) is 24.8 Å². The molecular formula is C17H21NO4. The lowest BCUT2D eigenvalue weighted by Crippen LogP contribution is -2.39. The van der Waals surface area contributed by atoms with Crippen LogP contribution in [0.5, 0.6) is 0 Å². The second-order valence-electron chi connectivity index (χ2n) is 5.16. The van der Waals surface area contributed by atoms with Crippen LogP contribution in [0.25, 0.3) is 0 Å². The van der Waals surface area contributed by atoms with E-state index in [1.165, 1.54) is 4.90 Å². The van der Waals surface area contributed by atoms with Crippen LogP contribution in [0.4, 0.5) is 0 Å². The Hall–Kier alpha value is -2.14. The van der Waals surface area contributed by atoms with Crippen LogP contribution in [0.2, 0.25) is 0 Å². The van der Waals surface area contributed by atoms with Gasteiger partial charge in [-0.2, -0.15) is 0 Å². The van der Waals surface area contributed by atoms with Crippen LogP contribution in [0.3, 0.4) is 0 Å². The average Bonchev–Trinajstić information content (AvgIpc) is 2.52. The predicted octanol–water partition coefficient (Wildman–Crippen LogP) is 2.18. The lowest BCUT2D eigenvalue weighted by Gasteiger charge is -2.35. The van der Waals surface area contributed by atoms with Gasteiger partial charge in [-0.3, -0.25) is 4.79 Å². The van der Waals surface area contributed by atoms with Gasteiger partial charge in [-0.05, 0) is 25.8 Å². The van der Waals surface area contributed by atoms with Gasteiger partial charge in [0, 0.05) is 12.1 Å². The Morgan fingerprint density at radius 3 is 2.59 bits per heavy atom. The van der Waals surface area contributed by atoms with E-state index in [1.54, 1.807) is 13.8 Å². The molecule has 1 N–H and O–H groups in total. The van der Waals surface area contributed by atoms with E-state index in [4.69, 9.17) is 4.74 Å². The summed E-state index contributed by atoms with van der Waals surface area (Å²) in [6, 6.07) is 8.83. The Morgan fingerprint density at radius 1 is 1.32 bits per heavy atom. The number of aliphatic hydroxyl groups excluding tert-OH is 1. The van der Waals surface area contributed by atoms with E-state index in [-0.39, 0.29) is 24.9 Å². The zero-order valence-corrected chi connectivity index (χ0v) is 12.9. The molecule has 0 saturated carbocycles. The number of ether oxygens (including phenoxy) is 1. The zero-order valence-electron chi connectivity index (χ0n) is 12.9. The van der Waals surface area contributed by atoms with Crippen molar-refractivity contribution in [3.05, 3.63) is 47.2 Å². The molecule has 1 aliphatic heterocycles. The van der Waals surface area contributed by atoms with Crippen molar-refractivity contribution >= 4 is 11.9 Å². The van der Waals surface area contributed by atoms with E-state index in [9.17, 15) is 14.7 Å². The van der Waals surface area contributed by atoms with E-state index in [0.717, 1.165) is 5.56 Å². The molecule has 1 atom stereocenters. The normalized spacial score (nSPS) is 16.7. The third kappa shape index (κ3) is 3.20. The van der Waals surface area contributed by atoms with E-state index in [1.807, 2.05) is 30.3 Å². The number of hydrogen-bond donors (Lipinski definition) is 1. The largest absolute Gasteiger partial charge is 0.463 e. The maximum Gasteiger partial charge on any atom is 0.335 e. The number of hydrogen-bond acceptors (Lipinski definition) is 4. The highest BCUT2D eigenvalue weighted by Gasteiger charge is 2.33. The van der Waals surface area contributed by atoms with Crippen molar-refractivity contribution in [2.75, 3.05) is 13.2 Å². The van der Waals surface area contributed by atoms with E-state index < -0.39 is 6.04 Å². The number of carbonyl (C=O) groups excluding carboxylic acids is 2. The highest BCUT2D eigenvalue weighted by Crippen LogP contribution is 2.32. The quantitative estimate of drug-likeness (QED) is 0.847. The standard InChI is InChI=1S/C17H21NO4/c1-3-22-17(21)14-9-10-16(20)18(12(14)2)15(11-19)13-7-5-4-6-8-13/h4-8,15,19H,3,9-11H2,1-2H3/t15-/m1/s1. The molecule has 22 heavy (non-hydrogen) atoms. The molecule has 0 aromatic heterocycles. The van der Waals surface area contributed by atoms with Crippen LogP contribution < -0.4 is 0 Å². The van der Waals surface area contributed by atoms with E-state index in [2.05, 4.69) is 0 Å². The fourth-order valence-corrected chi connectivity index (χ4v) is 2.75. The van der Waals surface area contributed by atoms with Gasteiger partial charge in [-0.15, -0.1) is 0 Å². The van der Waals surface area contributed by atoms with Gasteiger partial charge in [-0.1, -0.05) is 30.3 Å². The number of aliphatic hydroxyl groups is 1. The first-order chi connectivity index (χ1) is 10.6. The van der Waals surface area contributed by atoms with Crippen molar-refractivity contribution in [1.29, 1.82) is 0 Å². The second-order valence-corrected chi connectivity index (χ2v) is 5.16. The van der Waals surface area contributed by atoms with Gasteiger partial charge in [0.2, 0.25) is 5.91 Å². The van der Waals surface area contributed by atoms with Crippen molar-refractivity contribution in [2.45, 2.75) is 32.7 Å². The van der Waals surface area contributed by atoms with Gasteiger partial charge in [0.15, 0.2) is 0 Å². The number of esters is 1. The molecule has 0 fully saturated rings. The zero-order chi connectivity index (χ0) is 16.1. The summed E-state index contributed by atoms with van der Waals surface area (Å²) in [7, 11) is 0. The summed E-state index contributed by atoms with van der Waals surface area (Å²) in [5, 5.41) is 9.76. The number of amides is 1. The van der Waals surface area contributed by atoms with Gasteiger partial charge < -0.3 is 14.7 Å². The van der Waals surface area contributed by atoms with Gasteiger partial charge >= 0.3 is 5.97 Å². The van der Waals surface area contributed by atoms with Crippen molar-refractivity contribution in [1.82, 2.24) is 4.90 Å². The third-order valence-electron chi connectivity index (χ3n) is 3.85. The van der Waals surface area contributed by atoms with Crippen molar-refractivity contribution in [2.24, 2.45) is 0 Å². The highest BCUT2D eigenvalue weighted by molar-refractivity contribution is 5.93. The molecule has 0 saturated heterocycles. The molecule has 0 aliphatic carbocycles. The van der Waals surface area contributed by atoms with Crippen LogP contribution in [0, 0.1) is 0 Å². The van der Waals surface area contributed by atoms with E-state index in [0.29, 0.717) is 24.3 Å². The van der Waals surface area contributed by atoms with Crippen LogP contribution in [-0.2, 0) is 14.3 Å². The lowest BCUT2D eigenvalue weighted by atomic mass is 9.97. The molecule has 1 aromatic rings. The summed E-state index contributed by atoms with van der Waals surface area (Å²) in [5.74, 6) is -0.476. The Balaban J connectivity index is 2.39. The minimum Gasteiger partial charge on any atom is -0.463 e. The first-order valence-electron chi connectivity index (χ1n) is 7.44. The van der Waals surface area contributed by atoms with Crippen LogP contribution in [0.1, 0.15) is 38.3 Å². The Labute approximate surface area is 130 Å². The first kappa shape index (κ1) is 16.2. The fourth-order valence-electron chi connectivity index (χ4n) is 2.75. The number of nitrogens with zero attached hydrogens (tertiary/aromatic N) is 1. The number of allylic oxidation sites excluding steroid dienone is 1. The van der Waals surface area contributed by atoms with Gasteiger partial charge in [0.25, 0.3) is 0 Å². The average molecular weight is 303 g/mol. The maximum atomic E-state index is 12.3. The van der Waals surface area contributed by atoms with Gasteiger partial charge in [-0.25, -0.2) is 4.79 Å². The van der Waals surface area contributed by atoms with Crippen molar-refractivity contribution in [3.8, 4) is 0 Å². The van der Waals surface area contributed by atoms with Crippen LogP contribution in [0.15, 0.2) is 41.6 Å². The third-order valence-corrected chi connectivity index (χ3v) is 3.85. The molecule has 118 valence electrons. The topological polar surface area (TPSA) is 66.8 Å². The van der Waals surface area contributed by atoms with Crippen LogP contribution >= 0.6 is 0 Å². The molecule has 1 heterocycles. The van der Waals surface area contributed by atoms with Crippen molar-refractivity contribution in [3.63, 3.8) is 0 Å². The molecule has 1 aromatic carbocycles. The molecule has 5 nitrogen and oxygen atoms in total. The number of benzene rings is 1. The molecule has 0 unspecified atom stereocenters. The SMILES string of the molecule is CCOC(=O)C1=C(C)N([C@H](CO)c2ccccc2)C(=O)CC1. The Morgan fingerprint density at radius 2 is 2.00 bits per heavy atom. The molecule has 0 spiro atoms.